The molecule has 0 aliphatic carbocycles. The summed E-state index contributed by atoms with van der Waals surface area (Å²) >= 11 is 1.87. The number of nitrogens with one attached hydrogen (secondary N) is 1. The van der Waals surface area contributed by atoms with E-state index in [0.717, 1.165) is 26.2 Å². The van der Waals surface area contributed by atoms with E-state index in [1.807, 2.05) is 11.3 Å². The number of aromatic amines is 1. The number of benzene rings is 1. The fourth-order valence-electron chi connectivity index (χ4n) is 3.68. The minimum absolute atomic E-state index is 0.361. The lowest BCUT2D eigenvalue weighted by Gasteiger charge is -2.38. The molecule has 0 saturated carbocycles. The number of fused-ring (bicyclic) bond motifs is 1. The van der Waals surface area contributed by atoms with Crippen molar-refractivity contribution < 1.29 is 0 Å². The molecule has 4 rings (SSSR count). The largest absolute Gasteiger partial charge is 0.358 e. The van der Waals surface area contributed by atoms with Crippen LogP contribution in [0.4, 0.5) is 0 Å². The number of aryl methyl sites for hydroxylation is 1. The van der Waals surface area contributed by atoms with Gasteiger partial charge < -0.3 is 9.88 Å². The SMILES string of the molecule is Cc1[nH]c2ccccc2c1C(c1cccs1)N1CCN(C)CC1. The Bertz CT molecular complexity index is 782. The predicted octanol–water partition coefficient (Wildman–Crippen LogP) is 3.87. The van der Waals surface area contributed by atoms with E-state index in [0.29, 0.717) is 6.04 Å². The second-order valence-electron chi connectivity index (χ2n) is 6.47. The number of likely N-dealkylation sites (N-methyl/N-ethyl adjacent to an activating group) is 1. The average Bonchev–Trinajstić information content (AvgIpc) is 3.18. The third-order valence-electron chi connectivity index (χ3n) is 4.93. The van der Waals surface area contributed by atoms with Gasteiger partial charge >= 0.3 is 0 Å². The molecule has 1 N–H and O–H groups in total. The van der Waals surface area contributed by atoms with Gasteiger partial charge in [0.05, 0.1) is 6.04 Å². The van der Waals surface area contributed by atoms with E-state index in [1.54, 1.807) is 0 Å². The van der Waals surface area contributed by atoms with Gasteiger partial charge in [0.15, 0.2) is 0 Å². The van der Waals surface area contributed by atoms with E-state index in [2.05, 4.69) is 70.5 Å². The maximum Gasteiger partial charge on any atom is 0.0720 e. The van der Waals surface area contributed by atoms with Gasteiger partial charge in [0.25, 0.3) is 0 Å². The van der Waals surface area contributed by atoms with E-state index in [1.165, 1.54) is 27.0 Å². The molecule has 1 aliphatic heterocycles. The first kappa shape index (κ1) is 14.9. The zero-order valence-electron chi connectivity index (χ0n) is 13.7. The molecule has 2 aromatic heterocycles. The summed E-state index contributed by atoms with van der Waals surface area (Å²) < 4.78 is 0. The molecule has 3 heterocycles. The van der Waals surface area contributed by atoms with Gasteiger partial charge in [0.2, 0.25) is 0 Å². The quantitative estimate of drug-likeness (QED) is 0.789. The van der Waals surface area contributed by atoms with E-state index in [-0.39, 0.29) is 0 Å². The molecular formula is C19H23N3S. The number of piperazine rings is 1. The van der Waals surface area contributed by atoms with Crippen molar-refractivity contribution >= 4 is 22.2 Å². The van der Waals surface area contributed by atoms with Gasteiger partial charge in [0.1, 0.15) is 0 Å². The lowest BCUT2D eigenvalue weighted by atomic mass is 9.99. The van der Waals surface area contributed by atoms with Crippen molar-refractivity contribution in [3.8, 4) is 0 Å². The van der Waals surface area contributed by atoms with E-state index < -0.39 is 0 Å². The Morgan fingerprint density at radius 1 is 1.04 bits per heavy atom. The Labute approximate surface area is 141 Å². The van der Waals surface area contributed by atoms with E-state index >= 15 is 0 Å². The van der Waals surface area contributed by atoms with Crippen LogP contribution in [0.15, 0.2) is 41.8 Å². The average molecular weight is 325 g/mol. The second-order valence-corrected chi connectivity index (χ2v) is 7.45. The van der Waals surface area contributed by atoms with Crippen LogP contribution >= 0.6 is 11.3 Å². The smallest absolute Gasteiger partial charge is 0.0720 e. The van der Waals surface area contributed by atoms with Crippen LogP contribution in [0.25, 0.3) is 10.9 Å². The molecule has 23 heavy (non-hydrogen) atoms. The van der Waals surface area contributed by atoms with Crippen LogP contribution in [0.3, 0.4) is 0 Å². The highest BCUT2D eigenvalue weighted by atomic mass is 32.1. The first-order valence-electron chi connectivity index (χ1n) is 8.27. The standard InChI is InChI=1S/C19H23N3S/c1-14-18(15-6-3-4-7-16(15)20-14)19(17-8-5-13-23-17)22-11-9-21(2)10-12-22/h3-8,13,19-20H,9-12H2,1-2H3. The van der Waals surface area contributed by atoms with Crippen molar-refractivity contribution in [2.75, 3.05) is 33.2 Å². The molecule has 1 unspecified atom stereocenters. The normalized spacial score (nSPS) is 18.5. The van der Waals surface area contributed by atoms with Gasteiger partial charge in [-0.3, -0.25) is 4.90 Å². The Morgan fingerprint density at radius 2 is 1.83 bits per heavy atom. The number of thiophene rings is 1. The summed E-state index contributed by atoms with van der Waals surface area (Å²) in [5.41, 5.74) is 3.99. The van der Waals surface area contributed by atoms with E-state index in [9.17, 15) is 0 Å². The van der Waals surface area contributed by atoms with Gasteiger partial charge in [-0.2, -0.15) is 0 Å². The molecule has 1 saturated heterocycles. The van der Waals surface area contributed by atoms with Crippen molar-refractivity contribution in [2.45, 2.75) is 13.0 Å². The predicted molar refractivity (Wildman–Crippen MR) is 98.3 cm³/mol. The molecular weight excluding hydrogens is 302 g/mol. The molecule has 4 heteroatoms. The minimum atomic E-state index is 0.361. The molecule has 1 atom stereocenters. The summed E-state index contributed by atoms with van der Waals surface area (Å²) in [6.45, 7) is 6.74. The third-order valence-corrected chi connectivity index (χ3v) is 5.86. The van der Waals surface area contributed by atoms with Crippen LogP contribution in [-0.2, 0) is 0 Å². The zero-order chi connectivity index (χ0) is 15.8. The highest BCUT2D eigenvalue weighted by Crippen LogP contribution is 2.38. The highest BCUT2D eigenvalue weighted by molar-refractivity contribution is 7.10. The van der Waals surface area contributed by atoms with Crippen LogP contribution in [0.5, 0.6) is 0 Å². The Balaban J connectivity index is 1.83. The molecule has 0 radical (unpaired) electrons. The van der Waals surface area contributed by atoms with Gasteiger partial charge in [-0.05, 0) is 31.5 Å². The number of para-hydroxylation sites is 1. The van der Waals surface area contributed by atoms with Gasteiger partial charge in [0, 0.05) is 53.2 Å². The first-order valence-corrected chi connectivity index (χ1v) is 9.15. The summed E-state index contributed by atoms with van der Waals surface area (Å²) in [5.74, 6) is 0. The van der Waals surface area contributed by atoms with Crippen molar-refractivity contribution in [2.24, 2.45) is 0 Å². The Kier molecular flexibility index (Phi) is 3.97. The molecule has 120 valence electrons. The second kappa shape index (κ2) is 6.11. The summed E-state index contributed by atoms with van der Waals surface area (Å²) in [5, 5.41) is 3.56. The lowest BCUT2D eigenvalue weighted by molar-refractivity contribution is 0.129. The lowest BCUT2D eigenvalue weighted by Crippen LogP contribution is -2.46. The summed E-state index contributed by atoms with van der Waals surface area (Å²) in [6, 6.07) is 13.5. The van der Waals surface area contributed by atoms with Crippen LogP contribution < -0.4 is 0 Å². The Morgan fingerprint density at radius 3 is 2.57 bits per heavy atom. The van der Waals surface area contributed by atoms with Crippen LogP contribution in [-0.4, -0.2) is 48.0 Å². The zero-order valence-corrected chi connectivity index (χ0v) is 14.6. The van der Waals surface area contributed by atoms with Crippen molar-refractivity contribution in [1.82, 2.24) is 14.8 Å². The van der Waals surface area contributed by atoms with Crippen LogP contribution in [0.1, 0.15) is 22.2 Å². The maximum absolute atomic E-state index is 3.58. The number of hydrogen-bond acceptors (Lipinski definition) is 3. The van der Waals surface area contributed by atoms with Gasteiger partial charge in [-0.25, -0.2) is 0 Å². The molecule has 0 bridgehead atoms. The number of nitrogens with zero attached hydrogens (tertiary/aromatic N) is 2. The van der Waals surface area contributed by atoms with E-state index in [4.69, 9.17) is 0 Å². The van der Waals surface area contributed by atoms with Gasteiger partial charge in [-0.15, -0.1) is 11.3 Å². The summed E-state index contributed by atoms with van der Waals surface area (Å²) in [6.07, 6.45) is 0. The van der Waals surface area contributed by atoms with Crippen LogP contribution in [0, 0.1) is 6.92 Å². The first-order chi connectivity index (χ1) is 11.2. The fraction of sp³-hybridized carbons (Fsp3) is 0.368. The molecule has 1 fully saturated rings. The highest BCUT2D eigenvalue weighted by Gasteiger charge is 2.29. The molecule has 3 nitrogen and oxygen atoms in total. The van der Waals surface area contributed by atoms with Crippen LogP contribution in [0.2, 0.25) is 0 Å². The number of H-pyrrole nitrogens is 1. The maximum atomic E-state index is 3.58. The summed E-state index contributed by atoms with van der Waals surface area (Å²) in [7, 11) is 2.22. The molecule has 0 spiro atoms. The fourth-order valence-corrected chi connectivity index (χ4v) is 4.55. The van der Waals surface area contributed by atoms with Crippen molar-refractivity contribution in [1.29, 1.82) is 0 Å². The monoisotopic (exact) mass is 325 g/mol. The number of hydrogen-bond donors (Lipinski definition) is 1. The van der Waals surface area contributed by atoms with Crippen molar-refractivity contribution in [3.05, 3.63) is 57.9 Å². The van der Waals surface area contributed by atoms with Crippen molar-refractivity contribution in [3.63, 3.8) is 0 Å². The number of rotatable bonds is 3. The third kappa shape index (κ3) is 2.71. The molecule has 3 aromatic rings. The molecule has 1 aromatic carbocycles. The number of aromatic nitrogens is 1. The van der Waals surface area contributed by atoms with Gasteiger partial charge in [-0.1, -0.05) is 24.3 Å². The molecule has 0 amide bonds. The summed E-state index contributed by atoms with van der Waals surface area (Å²) in [4.78, 5) is 10.1. The topological polar surface area (TPSA) is 22.3 Å². The Hall–Kier alpha value is -1.62. The minimum Gasteiger partial charge on any atom is -0.358 e. The molecule has 1 aliphatic rings.